The summed E-state index contributed by atoms with van der Waals surface area (Å²) in [7, 11) is 1.62. The summed E-state index contributed by atoms with van der Waals surface area (Å²) < 4.78 is 6.81. The normalized spacial score (nSPS) is 19.3. The maximum absolute atomic E-state index is 12.5. The molecule has 1 fully saturated rings. The van der Waals surface area contributed by atoms with Crippen LogP contribution >= 0.6 is 0 Å². The van der Waals surface area contributed by atoms with Crippen LogP contribution in [-0.2, 0) is 11.3 Å². The van der Waals surface area contributed by atoms with Crippen molar-refractivity contribution >= 4 is 11.9 Å². The fourth-order valence-electron chi connectivity index (χ4n) is 3.21. The zero-order valence-electron chi connectivity index (χ0n) is 14.8. The molecule has 1 aliphatic carbocycles. The van der Waals surface area contributed by atoms with Crippen molar-refractivity contribution in [3.05, 3.63) is 41.2 Å². The maximum Gasteiger partial charge on any atom is 0.306 e. The molecule has 26 heavy (non-hydrogen) atoms. The summed E-state index contributed by atoms with van der Waals surface area (Å²) in [6.45, 7) is 2.30. The molecule has 8 heteroatoms. The van der Waals surface area contributed by atoms with Gasteiger partial charge in [-0.05, 0) is 43.9 Å². The summed E-state index contributed by atoms with van der Waals surface area (Å²) in [5.41, 5.74) is 1.97. The number of aromatic nitrogens is 3. The third kappa shape index (κ3) is 3.84. The number of amides is 1. The summed E-state index contributed by atoms with van der Waals surface area (Å²) in [4.78, 5) is 23.5. The fourth-order valence-corrected chi connectivity index (χ4v) is 3.21. The van der Waals surface area contributed by atoms with E-state index in [0.29, 0.717) is 31.5 Å². The molecule has 2 atom stereocenters. The molecule has 0 unspecified atom stereocenters. The zero-order chi connectivity index (χ0) is 18.7. The minimum Gasteiger partial charge on any atom is -0.497 e. The molecule has 2 aromatic rings. The Kier molecular flexibility index (Phi) is 5.20. The molecule has 0 saturated heterocycles. The second kappa shape index (κ2) is 7.55. The van der Waals surface area contributed by atoms with Gasteiger partial charge in [-0.15, -0.1) is 5.10 Å². The smallest absolute Gasteiger partial charge is 0.306 e. The molecule has 2 N–H and O–H groups in total. The maximum atomic E-state index is 12.5. The van der Waals surface area contributed by atoms with Crippen molar-refractivity contribution in [3.8, 4) is 5.75 Å². The van der Waals surface area contributed by atoms with Gasteiger partial charge in [0.15, 0.2) is 5.69 Å². The lowest BCUT2D eigenvalue weighted by Crippen LogP contribution is -2.34. The van der Waals surface area contributed by atoms with Crippen LogP contribution in [0.2, 0.25) is 0 Å². The third-order valence-electron chi connectivity index (χ3n) is 4.81. The molecule has 0 aliphatic heterocycles. The molecule has 1 aromatic carbocycles. The molecule has 1 aromatic heterocycles. The van der Waals surface area contributed by atoms with Gasteiger partial charge in [-0.1, -0.05) is 17.3 Å². The molecule has 1 aliphatic rings. The number of ether oxygens (including phenoxy) is 1. The number of nitrogens with one attached hydrogen (secondary N) is 1. The second-order valence-corrected chi connectivity index (χ2v) is 6.55. The first-order chi connectivity index (χ1) is 12.5. The van der Waals surface area contributed by atoms with Crippen LogP contribution in [0.3, 0.4) is 0 Å². The Labute approximate surface area is 151 Å². The molecule has 1 saturated carbocycles. The van der Waals surface area contributed by atoms with Gasteiger partial charge in [-0.3, -0.25) is 9.59 Å². The quantitative estimate of drug-likeness (QED) is 0.813. The van der Waals surface area contributed by atoms with E-state index in [1.165, 1.54) is 0 Å². The van der Waals surface area contributed by atoms with Gasteiger partial charge in [-0.25, -0.2) is 4.68 Å². The minimum atomic E-state index is -0.802. The highest BCUT2D eigenvalue weighted by molar-refractivity contribution is 5.93. The van der Waals surface area contributed by atoms with Gasteiger partial charge < -0.3 is 15.2 Å². The van der Waals surface area contributed by atoms with Crippen LogP contribution in [0.1, 0.15) is 41.0 Å². The van der Waals surface area contributed by atoms with E-state index in [0.717, 1.165) is 11.3 Å². The number of aliphatic carboxylic acids is 1. The van der Waals surface area contributed by atoms with E-state index >= 15 is 0 Å². The van der Waals surface area contributed by atoms with Crippen molar-refractivity contribution in [1.29, 1.82) is 0 Å². The van der Waals surface area contributed by atoms with E-state index in [1.807, 2.05) is 24.3 Å². The number of carbonyl (C=O) groups excluding carboxylic acids is 1. The van der Waals surface area contributed by atoms with Gasteiger partial charge >= 0.3 is 5.97 Å². The number of carboxylic acid groups (broad SMARTS) is 1. The number of benzene rings is 1. The molecule has 138 valence electrons. The summed E-state index contributed by atoms with van der Waals surface area (Å²) >= 11 is 0. The summed E-state index contributed by atoms with van der Waals surface area (Å²) in [5.74, 6) is -0.713. The number of hydrogen-bond donors (Lipinski definition) is 2. The first-order valence-corrected chi connectivity index (χ1v) is 8.54. The van der Waals surface area contributed by atoms with Crippen molar-refractivity contribution < 1.29 is 19.4 Å². The van der Waals surface area contributed by atoms with Crippen LogP contribution < -0.4 is 10.1 Å². The van der Waals surface area contributed by atoms with Crippen molar-refractivity contribution in [1.82, 2.24) is 20.3 Å². The van der Waals surface area contributed by atoms with Crippen LogP contribution in [0.5, 0.6) is 5.75 Å². The van der Waals surface area contributed by atoms with Crippen LogP contribution in [0.4, 0.5) is 0 Å². The predicted molar refractivity (Wildman–Crippen MR) is 93.1 cm³/mol. The molecule has 0 radical (unpaired) electrons. The average Bonchev–Trinajstić information content (AvgIpc) is 3.23. The average molecular weight is 358 g/mol. The van der Waals surface area contributed by atoms with Crippen molar-refractivity contribution in [2.24, 2.45) is 5.92 Å². The van der Waals surface area contributed by atoms with E-state index in [4.69, 9.17) is 9.84 Å². The lowest BCUT2D eigenvalue weighted by atomic mass is 10.1. The van der Waals surface area contributed by atoms with E-state index in [2.05, 4.69) is 15.6 Å². The topological polar surface area (TPSA) is 106 Å². The number of hydrogen-bond acceptors (Lipinski definition) is 5. The molecule has 0 spiro atoms. The Bertz CT molecular complexity index is 800. The van der Waals surface area contributed by atoms with Crippen LogP contribution in [-0.4, -0.2) is 45.1 Å². The van der Waals surface area contributed by atoms with Crippen LogP contribution in [0.25, 0.3) is 0 Å². The van der Waals surface area contributed by atoms with Gasteiger partial charge in [0.2, 0.25) is 0 Å². The number of methoxy groups -OCH3 is 1. The lowest BCUT2D eigenvalue weighted by molar-refractivity contribution is -0.141. The van der Waals surface area contributed by atoms with Gasteiger partial charge in [-0.2, -0.15) is 0 Å². The van der Waals surface area contributed by atoms with Gasteiger partial charge in [0.25, 0.3) is 5.91 Å². The Hall–Kier alpha value is -2.90. The highest BCUT2D eigenvalue weighted by Gasteiger charge is 2.31. The monoisotopic (exact) mass is 358 g/mol. The Morgan fingerprint density at radius 1 is 1.31 bits per heavy atom. The summed E-state index contributed by atoms with van der Waals surface area (Å²) in [6.07, 6.45) is 1.71. The molecule has 8 nitrogen and oxygen atoms in total. The summed E-state index contributed by atoms with van der Waals surface area (Å²) in [5, 5.41) is 20.0. The van der Waals surface area contributed by atoms with E-state index in [1.54, 1.807) is 18.7 Å². The highest BCUT2D eigenvalue weighted by Crippen LogP contribution is 2.26. The minimum absolute atomic E-state index is 0.130. The third-order valence-corrected chi connectivity index (χ3v) is 4.81. The van der Waals surface area contributed by atoms with Crippen molar-refractivity contribution in [2.75, 3.05) is 7.11 Å². The molecule has 3 rings (SSSR count). The number of carbonyl (C=O) groups is 2. The Morgan fingerprint density at radius 2 is 2.04 bits per heavy atom. The lowest BCUT2D eigenvalue weighted by Gasteiger charge is -2.11. The fraction of sp³-hybridized carbons (Fsp3) is 0.444. The first-order valence-electron chi connectivity index (χ1n) is 8.54. The largest absolute Gasteiger partial charge is 0.497 e. The van der Waals surface area contributed by atoms with E-state index < -0.39 is 5.97 Å². The molecular formula is C18H22N4O4. The Morgan fingerprint density at radius 3 is 2.65 bits per heavy atom. The van der Waals surface area contributed by atoms with Gasteiger partial charge in [0.05, 0.1) is 25.3 Å². The van der Waals surface area contributed by atoms with Crippen LogP contribution in [0.15, 0.2) is 24.3 Å². The van der Waals surface area contributed by atoms with E-state index in [9.17, 15) is 9.59 Å². The SMILES string of the molecule is COc1ccc(Cn2nnc(C(=O)N[C@@H]3CC[C@H](C(=O)O)C3)c2C)cc1. The zero-order valence-corrected chi connectivity index (χ0v) is 14.8. The molecule has 0 bridgehead atoms. The van der Waals surface area contributed by atoms with Gasteiger partial charge in [0.1, 0.15) is 5.75 Å². The number of nitrogens with zero attached hydrogens (tertiary/aromatic N) is 3. The van der Waals surface area contributed by atoms with Crippen molar-refractivity contribution in [2.45, 2.75) is 38.8 Å². The first kappa shape index (κ1) is 17.9. The highest BCUT2D eigenvalue weighted by atomic mass is 16.5. The predicted octanol–water partition coefficient (Wildman–Crippen LogP) is 1.63. The second-order valence-electron chi connectivity index (χ2n) is 6.55. The van der Waals surface area contributed by atoms with Crippen molar-refractivity contribution in [3.63, 3.8) is 0 Å². The van der Waals surface area contributed by atoms with E-state index in [-0.39, 0.29) is 23.6 Å². The standard InChI is InChI=1S/C18H22N4O4/c1-11-16(17(23)19-14-6-5-13(9-14)18(24)25)20-21-22(11)10-12-3-7-15(26-2)8-4-12/h3-4,7-8,13-14H,5-6,9-10H2,1-2H3,(H,19,23)(H,24,25)/t13-,14+/m0/s1. The molecular weight excluding hydrogens is 336 g/mol. The van der Waals surface area contributed by atoms with Crippen LogP contribution in [0, 0.1) is 12.8 Å². The van der Waals surface area contributed by atoms with Gasteiger partial charge in [0, 0.05) is 6.04 Å². The molecule has 1 heterocycles. The number of rotatable bonds is 6. The molecule has 1 amide bonds. The number of carboxylic acids is 1. The summed E-state index contributed by atoms with van der Waals surface area (Å²) in [6, 6.07) is 7.48. The Balaban J connectivity index is 1.64.